The maximum absolute atomic E-state index is 12.9. The van der Waals surface area contributed by atoms with Crippen molar-refractivity contribution in [1.29, 1.82) is 0 Å². The number of thiazole rings is 1. The van der Waals surface area contributed by atoms with Crippen LogP contribution in [0, 0.1) is 0 Å². The maximum Gasteiger partial charge on any atom is 0.254 e. The molecule has 6 heteroatoms. The molecule has 0 aliphatic rings. The number of carbonyl (C=O) groups is 1. The highest BCUT2D eigenvalue weighted by atomic mass is 32.1. The van der Waals surface area contributed by atoms with Crippen molar-refractivity contribution < 1.29 is 14.3 Å². The van der Waals surface area contributed by atoms with E-state index >= 15 is 0 Å². The molecule has 1 unspecified atom stereocenters. The number of benzene rings is 2. The van der Waals surface area contributed by atoms with Crippen molar-refractivity contribution in [1.82, 2.24) is 9.88 Å². The molecule has 0 bridgehead atoms. The molecule has 1 amide bonds. The van der Waals surface area contributed by atoms with Crippen molar-refractivity contribution in [2.45, 2.75) is 19.6 Å². The van der Waals surface area contributed by atoms with Gasteiger partial charge in [0.05, 0.1) is 24.4 Å². The third-order valence-corrected chi connectivity index (χ3v) is 5.09. The molecule has 0 spiro atoms. The van der Waals surface area contributed by atoms with Gasteiger partial charge in [-0.2, -0.15) is 0 Å². The lowest BCUT2D eigenvalue weighted by atomic mass is 10.1. The fraction of sp³-hybridized carbons (Fsp3) is 0.238. The van der Waals surface area contributed by atoms with E-state index in [1.807, 2.05) is 42.6 Å². The second-order valence-electron chi connectivity index (χ2n) is 6.14. The van der Waals surface area contributed by atoms with E-state index in [4.69, 9.17) is 9.47 Å². The molecule has 0 saturated carbocycles. The zero-order valence-electron chi connectivity index (χ0n) is 15.6. The third kappa shape index (κ3) is 4.46. The summed E-state index contributed by atoms with van der Waals surface area (Å²) in [5.74, 6) is 1.04. The number of carbonyl (C=O) groups excluding carboxylic acids is 1. The lowest BCUT2D eigenvalue weighted by Gasteiger charge is -2.25. The van der Waals surface area contributed by atoms with Gasteiger partial charge in [0.25, 0.3) is 5.91 Å². The van der Waals surface area contributed by atoms with Crippen LogP contribution >= 0.6 is 11.3 Å². The highest BCUT2D eigenvalue weighted by molar-refractivity contribution is 7.07. The quantitative estimate of drug-likeness (QED) is 0.601. The number of nitrogens with zero attached hydrogens (tertiary/aromatic N) is 2. The molecule has 0 N–H and O–H groups in total. The van der Waals surface area contributed by atoms with Gasteiger partial charge in [-0.3, -0.25) is 4.79 Å². The molecule has 0 fully saturated rings. The van der Waals surface area contributed by atoms with Gasteiger partial charge in [0, 0.05) is 18.0 Å². The summed E-state index contributed by atoms with van der Waals surface area (Å²) in [6.45, 7) is 2.37. The molecule has 3 aromatic rings. The molecule has 1 heterocycles. The first-order valence-corrected chi connectivity index (χ1v) is 9.54. The molecule has 0 aliphatic carbocycles. The topological polar surface area (TPSA) is 51.7 Å². The van der Waals surface area contributed by atoms with Crippen LogP contribution in [0.4, 0.5) is 0 Å². The molecule has 5 nitrogen and oxygen atoms in total. The summed E-state index contributed by atoms with van der Waals surface area (Å²) < 4.78 is 11.2. The molecule has 0 aliphatic heterocycles. The van der Waals surface area contributed by atoms with Crippen LogP contribution in [0.1, 0.15) is 34.6 Å². The van der Waals surface area contributed by atoms with Gasteiger partial charge in [0.1, 0.15) is 6.61 Å². The predicted molar refractivity (Wildman–Crippen MR) is 106 cm³/mol. The van der Waals surface area contributed by atoms with Crippen molar-refractivity contribution in [2.24, 2.45) is 0 Å². The summed E-state index contributed by atoms with van der Waals surface area (Å²) in [4.78, 5) is 18.8. The highest BCUT2D eigenvalue weighted by Gasteiger charge is 2.20. The molecule has 27 heavy (non-hydrogen) atoms. The molecule has 3 rings (SSSR count). The van der Waals surface area contributed by atoms with Gasteiger partial charge < -0.3 is 14.4 Å². The normalized spacial score (nSPS) is 11.7. The van der Waals surface area contributed by atoms with Crippen LogP contribution in [-0.4, -0.2) is 29.9 Å². The fourth-order valence-corrected chi connectivity index (χ4v) is 3.26. The van der Waals surface area contributed by atoms with Crippen LogP contribution in [0.15, 0.2) is 59.4 Å². The van der Waals surface area contributed by atoms with E-state index in [-0.39, 0.29) is 11.9 Å². The number of aromatic nitrogens is 1. The third-order valence-electron chi connectivity index (χ3n) is 4.45. The fourth-order valence-electron chi connectivity index (χ4n) is 2.72. The Balaban J connectivity index is 1.74. The number of rotatable bonds is 7. The molecule has 2 aromatic carbocycles. The largest absolute Gasteiger partial charge is 0.493 e. The average molecular weight is 382 g/mol. The summed E-state index contributed by atoms with van der Waals surface area (Å²) >= 11 is 1.52. The van der Waals surface area contributed by atoms with E-state index in [1.54, 1.807) is 42.8 Å². The van der Waals surface area contributed by atoms with Crippen LogP contribution in [0.5, 0.6) is 11.5 Å². The van der Waals surface area contributed by atoms with Crippen molar-refractivity contribution in [3.05, 3.63) is 76.2 Å². The SMILES string of the molecule is COc1cc(C(=O)N(C)C(C)c2ccccc2)ccc1OCc1cscn1. The number of hydrogen-bond acceptors (Lipinski definition) is 5. The Morgan fingerprint density at radius 2 is 1.96 bits per heavy atom. The van der Waals surface area contributed by atoms with E-state index in [2.05, 4.69) is 4.98 Å². The van der Waals surface area contributed by atoms with Gasteiger partial charge in [0.15, 0.2) is 11.5 Å². The number of amides is 1. The number of methoxy groups -OCH3 is 1. The summed E-state index contributed by atoms with van der Waals surface area (Å²) in [5, 5.41) is 1.93. The van der Waals surface area contributed by atoms with E-state index in [1.165, 1.54) is 11.3 Å². The second-order valence-corrected chi connectivity index (χ2v) is 6.86. The molecule has 0 saturated heterocycles. The van der Waals surface area contributed by atoms with Crippen molar-refractivity contribution >= 4 is 17.2 Å². The monoisotopic (exact) mass is 382 g/mol. The minimum absolute atomic E-state index is 0.0368. The Labute approximate surface area is 163 Å². The molecule has 140 valence electrons. The first-order chi connectivity index (χ1) is 13.1. The Hall–Kier alpha value is -2.86. The first-order valence-electron chi connectivity index (χ1n) is 8.60. The van der Waals surface area contributed by atoms with Crippen LogP contribution < -0.4 is 9.47 Å². The second kappa shape index (κ2) is 8.68. The Kier molecular flexibility index (Phi) is 6.08. The highest BCUT2D eigenvalue weighted by Crippen LogP contribution is 2.30. The Morgan fingerprint density at radius 3 is 2.63 bits per heavy atom. The standard InChI is InChI=1S/C21H22N2O3S/c1-15(16-7-5-4-6-8-16)23(2)21(24)17-9-10-19(20(11-17)25-3)26-12-18-13-27-14-22-18/h4-11,13-15H,12H2,1-3H3. The zero-order chi connectivity index (χ0) is 19.2. The van der Waals surface area contributed by atoms with Gasteiger partial charge in [-0.15, -0.1) is 11.3 Å². The summed E-state index contributed by atoms with van der Waals surface area (Å²) in [6, 6.07) is 15.2. The molecular formula is C21H22N2O3S. The number of ether oxygens (including phenoxy) is 2. The Morgan fingerprint density at radius 1 is 1.19 bits per heavy atom. The van der Waals surface area contributed by atoms with Crippen LogP contribution in [0.2, 0.25) is 0 Å². The lowest BCUT2D eigenvalue weighted by Crippen LogP contribution is -2.29. The first kappa shape index (κ1) is 18.9. The van der Waals surface area contributed by atoms with Crippen molar-refractivity contribution in [2.75, 3.05) is 14.2 Å². The average Bonchev–Trinajstić information content (AvgIpc) is 3.24. The van der Waals surface area contributed by atoms with E-state index in [0.717, 1.165) is 11.3 Å². The zero-order valence-corrected chi connectivity index (χ0v) is 16.4. The van der Waals surface area contributed by atoms with Crippen molar-refractivity contribution in [3.8, 4) is 11.5 Å². The van der Waals surface area contributed by atoms with Gasteiger partial charge >= 0.3 is 0 Å². The maximum atomic E-state index is 12.9. The molecule has 1 atom stereocenters. The van der Waals surface area contributed by atoms with E-state index in [0.29, 0.717) is 23.7 Å². The number of hydrogen-bond donors (Lipinski definition) is 0. The summed E-state index contributed by atoms with van der Waals surface area (Å²) in [6.07, 6.45) is 0. The molecule has 1 aromatic heterocycles. The van der Waals surface area contributed by atoms with Gasteiger partial charge in [-0.05, 0) is 30.7 Å². The van der Waals surface area contributed by atoms with Crippen molar-refractivity contribution in [3.63, 3.8) is 0 Å². The summed E-state index contributed by atoms with van der Waals surface area (Å²) in [7, 11) is 3.37. The van der Waals surface area contributed by atoms with Crippen LogP contribution in [-0.2, 0) is 6.61 Å². The van der Waals surface area contributed by atoms with E-state index < -0.39 is 0 Å². The molecule has 0 radical (unpaired) electrons. The lowest BCUT2D eigenvalue weighted by molar-refractivity contribution is 0.0742. The van der Waals surface area contributed by atoms with Crippen LogP contribution in [0.3, 0.4) is 0 Å². The predicted octanol–water partition coefficient (Wildman–Crippen LogP) is 4.56. The van der Waals surface area contributed by atoms with Gasteiger partial charge in [0.2, 0.25) is 0 Å². The summed E-state index contributed by atoms with van der Waals surface area (Å²) in [5.41, 5.74) is 4.27. The van der Waals surface area contributed by atoms with E-state index in [9.17, 15) is 4.79 Å². The van der Waals surface area contributed by atoms with Gasteiger partial charge in [-0.25, -0.2) is 4.98 Å². The van der Waals surface area contributed by atoms with Gasteiger partial charge in [-0.1, -0.05) is 30.3 Å². The molecular weight excluding hydrogens is 360 g/mol. The smallest absolute Gasteiger partial charge is 0.254 e. The van der Waals surface area contributed by atoms with Crippen LogP contribution in [0.25, 0.3) is 0 Å². The minimum Gasteiger partial charge on any atom is -0.493 e. The minimum atomic E-state index is -0.0734. The Bertz CT molecular complexity index is 882.